The molecule has 0 saturated heterocycles. The van der Waals surface area contributed by atoms with Gasteiger partial charge in [0.25, 0.3) is 0 Å². The number of urea groups is 1. The van der Waals surface area contributed by atoms with E-state index >= 15 is 0 Å². The van der Waals surface area contributed by atoms with Crippen molar-refractivity contribution >= 4 is 11.7 Å². The summed E-state index contributed by atoms with van der Waals surface area (Å²) in [6.45, 7) is 0.230. The maximum atomic E-state index is 12.5. The van der Waals surface area contributed by atoms with Gasteiger partial charge in [0.15, 0.2) is 5.75 Å². The smallest absolute Gasteiger partial charge is 0.497 e. The average molecular weight is 397 g/mol. The van der Waals surface area contributed by atoms with Crippen LogP contribution < -0.4 is 20.1 Å². The Hall–Kier alpha value is -2.94. The number of nitrogens with zero attached hydrogens (tertiary/aromatic N) is 1. The molecule has 0 heterocycles. The molecule has 2 N–H and O–H groups in total. The third-order valence-corrected chi connectivity index (χ3v) is 3.92. The van der Waals surface area contributed by atoms with Crippen molar-refractivity contribution in [2.75, 3.05) is 33.1 Å². The SMILES string of the molecule is COc1cccc(C(CNC(=O)Nc2ccccc2OC(F)(F)F)N(C)C)c1. The van der Waals surface area contributed by atoms with E-state index < -0.39 is 18.1 Å². The number of nitrogens with one attached hydrogen (secondary N) is 2. The van der Waals surface area contributed by atoms with E-state index in [1.54, 1.807) is 7.11 Å². The van der Waals surface area contributed by atoms with Gasteiger partial charge in [-0.05, 0) is 43.9 Å². The number of para-hydroxylation sites is 2. The topological polar surface area (TPSA) is 62.8 Å². The number of methoxy groups -OCH3 is 1. The van der Waals surface area contributed by atoms with Gasteiger partial charge < -0.3 is 25.0 Å². The largest absolute Gasteiger partial charge is 0.573 e. The molecule has 0 radical (unpaired) electrons. The highest BCUT2D eigenvalue weighted by Crippen LogP contribution is 2.30. The van der Waals surface area contributed by atoms with Gasteiger partial charge in [-0.15, -0.1) is 13.2 Å². The standard InChI is InChI=1S/C19H22F3N3O3/c1-25(2)16(13-7-6-8-14(11-13)27-3)12-23-18(26)24-15-9-4-5-10-17(15)28-19(20,21)22/h4-11,16H,12H2,1-3H3,(H2,23,24,26). The van der Waals surface area contributed by atoms with E-state index in [1.807, 2.05) is 43.3 Å². The Morgan fingerprint density at radius 3 is 2.50 bits per heavy atom. The highest BCUT2D eigenvalue weighted by molar-refractivity contribution is 5.90. The lowest BCUT2D eigenvalue weighted by molar-refractivity contribution is -0.274. The van der Waals surface area contributed by atoms with Crippen molar-refractivity contribution in [2.24, 2.45) is 0 Å². The van der Waals surface area contributed by atoms with Gasteiger partial charge in [-0.2, -0.15) is 0 Å². The molecule has 152 valence electrons. The Morgan fingerprint density at radius 1 is 1.14 bits per heavy atom. The first kappa shape index (κ1) is 21.4. The van der Waals surface area contributed by atoms with E-state index in [9.17, 15) is 18.0 Å². The Kier molecular flexibility index (Phi) is 7.11. The maximum absolute atomic E-state index is 12.5. The number of alkyl halides is 3. The molecule has 0 saturated carbocycles. The van der Waals surface area contributed by atoms with Crippen molar-refractivity contribution in [3.05, 3.63) is 54.1 Å². The number of anilines is 1. The van der Waals surface area contributed by atoms with Crippen molar-refractivity contribution in [3.63, 3.8) is 0 Å². The fraction of sp³-hybridized carbons (Fsp3) is 0.316. The van der Waals surface area contributed by atoms with E-state index in [4.69, 9.17) is 4.74 Å². The normalized spacial score (nSPS) is 12.4. The lowest BCUT2D eigenvalue weighted by atomic mass is 10.1. The summed E-state index contributed by atoms with van der Waals surface area (Å²) >= 11 is 0. The maximum Gasteiger partial charge on any atom is 0.573 e. The monoisotopic (exact) mass is 397 g/mol. The third-order valence-electron chi connectivity index (χ3n) is 3.92. The van der Waals surface area contributed by atoms with Gasteiger partial charge in [-0.3, -0.25) is 0 Å². The zero-order valence-corrected chi connectivity index (χ0v) is 15.7. The summed E-state index contributed by atoms with van der Waals surface area (Å²) in [4.78, 5) is 14.1. The molecule has 1 unspecified atom stereocenters. The van der Waals surface area contributed by atoms with Crippen molar-refractivity contribution in [1.82, 2.24) is 10.2 Å². The van der Waals surface area contributed by atoms with Crippen LogP contribution in [0.2, 0.25) is 0 Å². The molecule has 9 heteroatoms. The molecule has 28 heavy (non-hydrogen) atoms. The van der Waals surface area contributed by atoms with Gasteiger partial charge in [-0.25, -0.2) is 4.79 Å². The van der Waals surface area contributed by atoms with E-state index in [-0.39, 0.29) is 18.3 Å². The van der Waals surface area contributed by atoms with Crippen LogP contribution in [-0.2, 0) is 0 Å². The predicted octanol–water partition coefficient (Wildman–Crippen LogP) is 4.02. The fourth-order valence-electron chi connectivity index (χ4n) is 2.59. The van der Waals surface area contributed by atoms with E-state index in [1.165, 1.54) is 18.2 Å². The molecule has 0 fully saturated rings. The van der Waals surface area contributed by atoms with Gasteiger partial charge in [0.2, 0.25) is 0 Å². The van der Waals surface area contributed by atoms with Gasteiger partial charge in [0.1, 0.15) is 5.75 Å². The van der Waals surface area contributed by atoms with Crippen molar-refractivity contribution < 1.29 is 27.4 Å². The predicted molar refractivity (Wildman–Crippen MR) is 99.6 cm³/mol. The van der Waals surface area contributed by atoms with Crippen LogP contribution in [0.3, 0.4) is 0 Å². The van der Waals surface area contributed by atoms with Gasteiger partial charge in [-0.1, -0.05) is 24.3 Å². The Balaban J connectivity index is 2.04. The summed E-state index contributed by atoms with van der Waals surface area (Å²) in [5.74, 6) is 0.203. The third kappa shape index (κ3) is 6.34. The first-order valence-electron chi connectivity index (χ1n) is 8.39. The number of carbonyl (C=O) groups excluding carboxylic acids is 1. The molecule has 2 aromatic carbocycles. The highest BCUT2D eigenvalue weighted by Gasteiger charge is 2.32. The highest BCUT2D eigenvalue weighted by atomic mass is 19.4. The molecule has 2 rings (SSSR count). The van der Waals surface area contributed by atoms with E-state index in [2.05, 4.69) is 15.4 Å². The second-order valence-corrected chi connectivity index (χ2v) is 6.14. The zero-order valence-electron chi connectivity index (χ0n) is 15.7. The van der Waals surface area contributed by atoms with Crippen LogP contribution in [0.1, 0.15) is 11.6 Å². The molecule has 0 aliphatic heterocycles. The number of likely N-dealkylation sites (N-methyl/N-ethyl adjacent to an activating group) is 1. The second kappa shape index (κ2) is 9.32. The van der Waals surface area contributed by atoms with Crippen LogP contribution in [0.15, 0.2) is 48.5 Å². The number of rotatable bonds is 7. The zero-order chi connectivity index (χ0) is 20.7. The van der Waals surface area contributed by atoms with E-state index in [0.29, 0.717) is 5.75 Å². The van der Waals surface area contributed by atoms with Crippen LogP contribution in [0.4, 0.5) is 23.7 Å². The van der Waals surface area contributed by atoms with Gasteiger partial charge in [0, 0.05) is 6.54 Å². The van der Waals surface area contributed by atoms with Crippen LogP contribution >= 0.6 is 0 Å². The Morgan fingerprint density at radius 2 is 1.86 bits per heavy atom. The molecule has 0 aliphatic rings. The van der Waals surface area contributed by atoms with E-state index in [0.717, 1.165) is 11.6 Å². The molecule has 6 nitrogen and oxygen atoms in total. The number of amides is 2. The summed E-state index contributed by atoms with van der Waals surface area (Å²) in [5, 5.41) is 5.05. The number of halogens is 3. The summed E-state index contributed by atoms with van der Waals surface area (Å²) in [6.07, 6.45) is -4.85. The number of hydrogen-bond donors (Lipinski definition) is 2. The number of carbonyl (C=O) groups is 1. The fourth-order valence-corrected chi connectivity index (χ4v) is 2.59. The molecule has 0 spiro atoms. The van der Waals surface area contributed by atoms with Crippen LogP contribution in [0, 0.1) is 0 Å². The molecule has 0 aliphatic carbocycles. The first-order chi connectivity index (χ1) is 13.2. The molecule has 2 aromatic rings. The molecular formula is C19H22F3N3O3. The van der Waals surface area contributed by atoms with Crippen LogP contribution in [0.5, 0.6) is 11.5 Å². The molecule has 0 aromatic heterocycles. The minimum atomic E-state index is -4.85. The van der Waals surface area contributed by atoms with Crippen molar-refractivity contribution in [2.45, 2.75) is 12.4 Å². The van der Waals surface area contributed by atoms with Gasteiger partial charge >= 0.3 is 12.4 Å². The van der Waals surface area contributed by atoms with Gasteiger partial charge in [0.05, 0.1) is 18.8 Å². The number of hydrogen-bond acceptors (Lipinski definition) is 4. The first-order valence-corrected chi connectivity index (χ1v) is 8.39. The Labute approximate surface area is 161 Å². The minimum absolute atomic E-state index is 0.0832. The van der Waals surface area contributed by atoms with Crippen molar-refractivity contribution in [3.8, 4) is 11.5 Å². The molecule has 1 atom stereocenters. The molecule has 2 amide bonds. The average Bonchev–Trinajstić information content (AvgIpc) is 2.62. The summed E-state index contributed by atoms with van der Waals surface area (Å²) in [7, 11) is 5.28. The quantitative estimate of drug-likeness (QED) is 0.741. The van der Waals surface area contributed by atoms with Crippen molar-refractivity contribution in [1.29, 1.82) is 0 Å². The minimum Gasteiger partial charge on any atom is -0.497 e. The molecular weight excluding hydrogens is 375 g/mol. The molecule has 0 bridgehead atoms. The summed E-state index contributed by atoms with van der Waals surface area (Å²) in [5.41, 5.74) is 0.838. The Bertz CT molecular complexity index is 797. The number of benzene rings is 2. The summed E-state index contributed by atoms with van der Waals surface area (Å²) in [6, 6.07) is 11.9. The van der Waals surface area contributed by atoms with Crippen LogP contribution in [0.25, 0.3) is 0 Å². The summed E-state index contributed by atoms with van der Waals surface area (Å²) < 4.78 is 46.6. The second-order valence-electron chi connectivity index (χ2n) is 6.14. The lowest BCUT2D eigenvalue weighted by Gasteiger charge is -2.25. The lowest BCUT2D eigenvalue weighted by Crippen LogP contribution is -2.37. The number of ether oxygens (including phenoxy) is 2. The van der Waals surface area contributed by atoms with Crippen LogP contribution in [-0.4, -0.2) is 45.0 Å².